The molecule has 2 nitrogen and oxygen atoms in total. The molecule has 0 fully saturated rings. The molecule has 0 aliphatic rings. The van der Waals surface area contributed by atoms with Gasteiger partial charge in [0.1, 0.15) is 24.0 Å². The maximum absolute atomic E-state index is 14.4. The molecular weight excluding hydrogens is 313 g/mol. The minimum Gasteiger partial charge on any atom is -0.455 e. The Morgan fingerprint density at radius 2 is 1.68 bits per heavy atom. The second-order valence-electron chi connectivity index (χ2n) is 6.93. The van der Waals surface area contributed by atoms with Gasteiger partial charge in [0.15, 0.2) is 6.20 Å². The number of pyridine rings is 1. The zero-order chi connectivity index (χ0) is 17.7. The van der Waals surface area contributed by atoms with Crippen molar-refractivity contribution in [2.75, 3.05) is 0 Å². The van der Waals surface area contributed by atoms with E-state index in [1.165, 1.54) is 0 Å². The van der Waals surface area contributed by atoms with Gasteiger partial charge in [-0.25, -0.2) is 8.96 Å². The highest BCUT2D eigenvalue weighted by Crippen LogP contribution is 2.40. The van der Waals surface area contributed by atoms with Crippen molar-refractivity contribution >= 4 is 21.9 Å². The minimum absolute atomic E-state index is 0.0571. The number of nitrogens with zero attached hydrogens (tertiary/aromatic N) is 1. The summed E-state index contributed by atoms with van der Waals surface area (Å²) < 4.78 is 22.8. The average Bonchev–Trinajstić information content (AvgIpc) is 2.93. The lowest BCUT2D eigenvalue weighted by Gasteiger charge is -2.07. The van der Waals surface area contributed by atoms with Crippen LogP contribution in [0.5, 0.6) is 0 Å². The van der Waals surface area contributed by atoms with Gasteiger partial charge in [-0.3, -0.25) is 0 Å². The van der Waals surface area contributed by atoms with Gasteiger partial charge in [0, 0.05) is 28.5 Å². The van der Waals surface area contributed by atoms with Crippen molar-refractivity contribution < 1.29 is 13.4 Å². The van der Waals surface area contributed by atoms with E-state index >= 15 is 0 Å². The fraction of sp³-hybridized carbons (Fsp3) is 0.227. The molecule has 2 aromatic carbocycles. The predicted octanol–water partition coefficient (Wildman–Crippen LogP) is 5.65. The molecule has 0 saturated heterocycles. The lowest BCUT2D eigenvalue weighted by Crippen LogP contribution is -2.30. The van der Waals surface area contributed by atoms with E-state index in [0.29, 0.717) is 11.1 Å². The molecule has 0 N–H and O–H groups in total. The highest BCUT2D eigenvalue weighted by molar-refractivity contribution is 6.10. The molecule has 0 aliphatic carbocycles. The van der Waals surface area contributed by atoms with Gasteiger partial charge in [-0.1, -0.05) is 26.0 Å². The summed E-state index contributed by atoms with van der Waals surface area (Å²) in [4.78, 5) is 0. The molecule has 2 heterocycles. The standard InChI is InChI=1S/C22H21FNO/c1-13(2)19-17(23)11-10-16-15-9-8-14(3)20(22(15)25-21(16)19)18-7-5-6-12-24(18)4/h5-13H,1-4H3/q+1. The fourth-order valence-electron chi connectivity index (χ4n) is 3.64. The molecule has 0 atom stereocenters. The Labute approximate surface area is 146 Å². The monoisotopic (exact) mass is 334 g/mol. The molecule has 0 spiro atoms. The summed E-state index contributed by atoms with van der Waals surface area (Å²) in [6.45, 7) is 6.07. The van der Waals surface area contributed by atoms with Crippen LogP contribution < -0.4 is 4.57 Å². The second kappa shape index (κ2) is 5.69. The molecule has 2 aromatic heterocycles. The maximum atomic E-state index is 14.4. The van der Waals surface area contributed by atoms with Crippen molar-refractivity contribution in [3.8, 4) is 11.3 Å². The van der Waals surface area contributed by atoms with Gasteiger partial charge in [0.2, 0.25) is 5.69 Å². The summed E-state index contributed by atoms with van der Waals surface area (Å²) in [6, 6.07) is 13.7. The Morgan fingerprint density at radius 3 is 2.40 bits per heavy atom. The first-order valence-corrected chi connectivity index (χ1v) is 8.58. The third kappa shape index (κ3) is 2.34. The van der Waals surface area contributed by atoms with Gasteiger partial charge in [-0.05, 0) is 36.6 Å². The lowest BCUT2D eigenvalue weighted by molar-refractivity contribution is -0.660. The first-order chi connectivity index (χ1) is 12.0. The van der Waals surface area contributed by atoms with Gasteiger partial charge in [0.05, 0.1) is 5.56 Å². The van der Waals surface area contributed by atoms with Crippen LogP contribution in [0.4, 0.5) is 4.39 Å². The molecule has 0 unspecified atom stereocenters. The van der Waals surface area contributed by atoms with E-state index in [2.05, 4.69) is 29.7 Å². The molecule has 4 aromatic rings. The molecule has 0 saturated carbocycles. The summed E-state index contributed by atoms with van der Waals surface area (Å²) in [5.41, 5.74) is 5.41. The second-order valence-corrected chi connectivity index (χ2v) is 6.93. The van der Waals surface area contributed by atoms with Crippen LogP contribution in [0.1, 0.15) is 30.9 Å². The van der Waals surface area contributed by atoms with Crippen LogP contribution in [0.15, 0.2) is 53.1 Å². The summed E-state index contributed by atoms with van der Waals surface area (Å²) in [5, 5.41) is 2.00. The number of hydrogen-bond acceptors (Lipinski definition) is 1. The molecule has 4 rings (SSSR count). The number of aromatic nitrogens is 1. The van der Waals surface area contributed by atoms with Crippen molar-refractivity contribution in [2.24, 2.45) is 7.05 Å². The van der Waals surface area contributed by atoms with Gasteiger partial charge in [-0.2, -0.15) is 0 Å². The Hall–Kier alpha value is -2.68. The van der Waals surface area contributed by atoms with E-state index in [1.807, 2.05) is 45.3 Å². The van der Waals surface area contributed by atoms with Gasteiger partial charge in [-0.15, -0.1) is 0 Å². The molecule has 0 amide bonds. The largest absolute Gasteiger partial charge is 0.455 e. The zero-order valence-electron chi connectivity index (χ0n) is 14.9. The van der Waals surface area contributed by atoms with Crippen LogP contribution in [0.2, 0.25) is 0 Å². The predicted molar refractivity (Wildman–Crippen MR) is 99.1 cm³/mol. The number of furan rings is 1. The van der Waals surface area contributed by atoms with E-state index in [9.17, 15) is 4.39 Å². The van der Waals surface area contributed by atoms with Gasteiger partial charge in [0.25, 0.3) is 0 Å². The molecule has 0 aliphatic heterocycles. The summed E-state index contributed by atoms with van der Waals surface area (Å²) in [5.74, 6) is -0.147. The first kappa shape index (κ1) is 15.8. The first-order valence-electron chi connectivity index (χ1n) is 8.58. The highest BCUT2D eigenvalue weighted by atomic mass is 19.1. The number of aryl methyl sites for hydroxylation is 2. The molecule has 0 bridgehead atoms. The van der Waals surface area contributed by atoms with Gasteiger partial charge < -0.3 is 4.42 Å². The van der Waals surface area contributed by atoms with Crippen molar-refractivity contribution in [3.05, 3.63) is 65.6 Å². The smallest absolute Gasteiger partial charge is 0.216 e. The van der Waals surface area contributed by atoms with Crippen LogP contribution >= 0.6 is 0 Å². The number of hydrogen-bond donors (Lipinski definition) is 0. The van der Waals surface area contributed by atoms with Crippen molar-refractivity contribution in [3.63, 3.8) is 0 Å². The van der Waals surface area contributed by atoms with E-state index in [-0.39, 0.29) is 11.7 Å². The average molecular weight is 334 g/mol. The van der Waals surface area contributed by atoms with Crippen LogP contribution in [-0.4, -0.2) is 0 Å². The van der Waals surface area contributed by atoms with E-state index in [0.717, 1.165) is 33.2 Å². The third-order valence-corrected chi connectivity index (χ3v) is 4.89. The van der Waals surface area contributed by atoms with Crippen LogP contribution in [-0.2, 0) is 7.05 Å². The normalized spacial score (nSPS) is 11.8. The van der Waals surface area contributed by atoms with Crippen molar-refractivity contribution in [1.82, 2.24) is 0 Å². The third-order valence-electron chi connectivity index (χ3n) is 4.89. The topological polar surface area (TPSA) is 17.0 Å². The van der Waals surface area contributed by atoms with Crippen LogP contribution in [0.25, 0.3) is 33.2 Å². The lowest BCUT2D eigenvalue weighted by atomic mass is 9.97. The molecule has 3 heteroatoms. The fourth-order valence-corrected chi connectivity index (χ4v) is 3.64. The summed E-state index contributed by atoms with van der Waals surface area (Å²) in [6.07, 6.45) is 2.02. The van der Waals surface area contributed by atoms with E-state index in [1.54, 1.807) is 6.07 Å². The molecule has 0 radical (unpaired) electrons. The Balaban J connectivity index is 2.17. The molecule has 25 heavy (non-hydrogen) atoms. The minimum atomic E-state index is -0.204. The zero-order valence-corrected chi connectivity index (χ0v) is 14.9. The maximum Gasteiger partial charge on any atom is 0.216 e. The Morgan fingerprint density at radius 1 is 0.960 bits per heavy atom. The Kier molecular flexibility index (Phi) is 3.60. The van der Waals surface area contributed by atoms with E-state index in [4.69, 9.17) is 4.42 Å². The summed E-state index contributed by atoms with van der Waals surface area (Å²) >= 11 is 0. The number of rotatable bonds is 2. The van der Waals surface area contributed by atoms with Gasteiger partial charge >= 0.3 is 0 Å². The molecular formula is C22H21FNO+. The number of halogens is 1. The van der Waals surface area contributed by atoms with Crippen molar-refractivity contribution in [2.45, 2.75) is 26.7 Å². The SMILES string of the molecule is Cc1ccc2c(oc3c(C(C)C)c(F)ccc32)c1-c1cccc[n+]1C. The quantitative estimate of drug-likeness (QED) is 0.433. The highest BCUT2D eigenvalue weighted by Gasteiger charge is 2.22. The number of fused-ring (bicyclic) bond motifs is 3. The van der Waals surface area contributed by atoms with Crippen molar-refractivity contribution in [1.29, 1.82) is 0 Å². The Bertz CT molecular complexity index is 1110. The van der Waals surface area contributed by atoms with Crippen LogP contribution in [0, 0.1) is 12.7 Å². The molecule has 126 valence electrons. The number of benzene rings is 2. The van der Waals surface area contributed by atoms with Crippen LogP contribution in [0.3, 0.4) is 0 Å². The summed E-state index contributed by atoms with van der Waals surface area (Å²) in [7, 11) is 2.02. The van der Waals surface area contributed by atoms with E-state index < -0.39 is 0 Å².